The molecule has 1 aliphatic carbocycles. The average molecular weight is 269 g/mol. The number of hydrogen-bond acceptors (Lipinski definition) is 3. The summed E-state index contributed by atoms with van der Waals surface area (Å²) in [5.74, 6) is 0. The lowest BCUT2D eigenvalue weighted by Gasteiger charge is -2.38. The molecule has 0 aromatic heterocycles. The highest BCUT2D eigenvalue weighted by molar-refractivity contribution is 5.31. The molecular formula is C17H23N3. The van der Waals surface area contributed by atoms with Crippen LogP contribution >= 0.6 is 0 Å². The first kappa shape index (κ1) is 13.6. The van der Waals surface area contributed by atoms with Crippen molar-refractivity contribution >= 4 is 0 Å². The second kappa shape index (κ2) is 6.39. The number of rotatable bonds is 3. The van der Waals surface area contributed by atoms with Crippen LogP contribution in [0.15, 0.2) is 24.3 Å². The maximum atomic E-state index is 8.82. The predicted molar refractivity (Wildman–Crippen MR) is 80.3 cm³/mol. The van der Waals surface area contributed by atoms with Crippen molar-refractivity contribution in [2.75, 3.05) is 26.2 Å². The fourth-order valence-electron chi connectivity index (χ4n) is 3.50. The largest absolute Gasteiger partial charge is 0.298 e. The molecule has 1 heterocycles. The molecule has 2 fully saturated rings. The van der Waals surface area contributed by atoms with E-state index in [4.69, 9.17) is 5.26 Å². The van der Waals surface area contributed by atoms with Crippen molar-refractivity contribution in [3.8, 4) is 6.07 Å². The first-order valence-electron chi connectivity index (χ1n) is 7.80. The zero-order valence-corrected chi connectivity index (χ0v) is 12.1. The maximum absolute atomic E-state index is 8.82. The van der Waals surface area contributed by atoms with E-state index in [-0.39, 0.29) is 0 Å². The zero-order valence-electron chi connectivity index (χ0n) is 12.1. The summed E-state index contributed by atoms with van der Waals surface area (Å²) < 4.78 is 0. The van der Waals surface area contributed by atoms with E-state index in [0.717, 1.165) is 18.2 Å². The molecule has 1 saturated heterocycles. The normalized spacial score (nSPS) is 21.9. The molecule has 0 N–H and O–H groups in total. The van der Waals surface area contributed by atoms with Crippen LogP contribution in [0.25, 0.3) is 0 Å². The van der Waals surface area contributed by atoms with Gasteiger partial charge < -0.3 is 0 Å². The van der Waals surface area contributed by atoms with Crippen LogP contribution < -0.4 is 0 Å². The molecule has 1 aromatic carbocycles. The van der Waals surface area contributed by atoms with Gasteiger partial charge in [-0.15, -0.1) is 0 Å². The molecule has 1 saturated carbocycles. The summed E-state index contributed by atoms with van der Waals surface area (Å²) in [5.41, 5.74) is 2.07. The van der Waals surface area contributed by atoms with Crippen LogP contribution in [0.1, 0.15) is 36.8 Å². The molecule has 0 bridgehead atoms. The van der Waals surface area contributed by atoms with Crippen molar-refractivity contribution in [3.05, 3.63) is 35.4 Å². The first-order valence-corrected chi connectivity index (χ1v) is 7.80. The van der Waals surface area contributed by atoms with E-state index in [1.54, 1.807) is 0 Å². The van der Waals surface area contributed by atoms with E-state index in [2.05, 4.69) is 28.0 Å². The Morgan fingerprint density at radius 2 is 1.65 bits per heavy atom. The fraction of sp³-hybridized carbons (Fsp3) is 0.588. The molecule has 0 amide bonds. The van der Waals surface area contributed by atoms with Gasteiger partial charge in [-0.25, -0.2) is 0 Å². The lowest BCUT2D eigenvalue weighted by molar-refractivity contribution is 0.0937. The SMILES string of the molecule is N#Cc1ccc(CN2CCN(C3CCCC3)CC2)cc1. The van der Waals surface area contributed by atoms with Gasteiger partial charge in [-0.2, -0.15) is 5.26 Å². The maximum Gasteiger partial charge on any atom is 0.0991 e. The lowest BCUT2D eigenvalue weighted by Crippen LogP contribution is -2.49. The average Bonchev–Trinajstić information content (AvgIpc) is 3.03. The van der Waals surface area contributed by atoms with Crippen molar-refractivity contribution < 1.29 is 0 Å². The summed E-state index contributed by atoms with van der Waals surface area (Å²) in [6.45, 7) is 5.82. The molecule has 3 nitrogen and oxygen atoms in total. The van der Waals surface area contributed by atoms with Crippen LogP contribution in [0.2, 0.25) is 0 Å². The fourth-order valence-corrected chi connectivity index (χ4v) is 3.50. The third-order valence-corrected chi connectivity index (χ3v) is 4.74. The van der Waals surface area contributed by atoms with Gasteiger partial charge in [0.15, 0.2) is 0 Å². The molecule has 1 aromatic rings. The highest BCUT2D eigenvalue weighted by atomic mass is 15.3. The first-order chi connectivity index (χ1) is 9.85. The van der Waals surface area contributed by atoms with Crippen LogP contribution in [-0.2, 0) is 6.54 Å². The van der Waals surface area contributed by atoms with Gasteiger partial charge in [0, 0.05) is 38.8 Å². The van der Waals surface area contributed by atoms with E-state index in [1.165, 1.54) is 57.4 Å². The lowest BCUT2D eigenvalue weighted by atomic mass is 10.1. The molecule has 106 valence electrons. The Hall–Kier alpha value is -1.37. The van der Waals surface area contributed by atoms with Crippen LogP contribution in [0, 0.1) is 11.3 Å². The summed E-state index contributed by atoms with van der Waals surface area (Å²) in [5, 5.41) is 8.82. The van der Waals surface area contributed by atoms with Crippen LogP contribution in [0.4, 0.5) is 0 Å². The van der Waals surface area contributed by atoms with E-state index >= 15 is 0 Å². The van der Waals surface area contributed by atoms with Crippen molar-refractivity contribution in [1.82, 2.24) is 9.80 Å². The third kappa shape index (κ3) is 3.20. The smallest absolute Gasteiger partial charge is 0.0991 e. The Bertz CT molecular complexity index is 460. The Morgan fingerprint density at radius 3 is 2.25 bits per heavy atom. The molecule has 3 rings (SSSR count). The summed E-state index contributed by atoms with van der Waals surface area (Å²) in [4.78, 5) is 5.23. The molecule has 0 radical (unpaired) electrons. The highest BCUT2D eigenvalue weighted by Gasteiger charge is 2.25. The number of piperazine rings is 1. The van der Waals surface area contributed by atoms with Gasteiger partial charge in [-0.1, -0.05) is 25.0 Å². The molecule has 0 unspecified atom stereocenters. The monoisotopic (exact) mass is 269 g/mol. The van der Waals surface area contributed by atoms with Crippen LogP contribution in [0.5, 0.6) is 0 Å². The second-order valence-corrected chi connectivity index (χ2v) is 6.06. The Kier molecular flexibility index (Phi) is 4.34. The van der Waals surface area contributed by atoms with Gasteiger partial charge in [0.25, 0.3) is 0 Å². The standard InChI is InChI=1S/C17H23N3/c18-13-15-5-7-16(8-6-15)14-19-9-11-20(12-10-19)17-3-1-2-4-17/h5-8,17H,1-4,9-12,14H2. The Morgan fingerprint density at radius 1 is 1.00 bits per heavy atom. The van der Waals surface area contributed by atoms with Crippen molar-refractivity contribution in [2.24, 2.45) is 0 Å². The quantitative estimate of drug-likeness (QED) is 0.845. The highest BCUT2D eigenvalue weighted by Crippen LogP contribution is 2.24. The van der Waals surface area contributed by atoms with Gasteiger partial charge in [-0.05, 0) is 30.5 Å². The van der Waals surface area contributed by atoms with Gasteiger partial charge in [0.1, 0.15) is 0 Å². The molecule has 1 aliphatic heterocycles. The van der Waals surface area contributed by atoms with Gasteiger partial charge in [-0.3, -0.25) is 9.80 Å². The van der Waals surface area contributed by atoms with Crippen molar-refractivity contribution in [3.63, 3.8) is 0 Å². The topological polar surface area (TPSA) is 30.3 Å². The summed E-state index contributed by atoms with van der Waals surface area (Å²) in [7, 11) is 0. The Balaban J connectivity index is 1.49. The van der Waals surface area contributed by atoms with E-state index in [0.29, 0.717) is 0 Å². The van der Waals surface area contributed by atoms with Gasteiger partial charge in [0.05, 0.1) is 11.6 Å². The predicted octanol–water partition coefficient (Wildman–Crippen LogP) is 2.62. The molecule has 3 heteroatoms. The van der Waals surface area contributed by atoms with Crippen LogP contribution in [0.3, 0.4) is 0 Å². The summed E-state index contributed by atoms with van der Waals surface area (Å²) in [6, 6.07) is 11.1. The minimum absolute atomic E-state index is 0.750. The van der Waals surface area contributed by atoms with Crippen molar-refractivity contribution in [1.29, 1.82) is 5.26 Å². The number of benzene rings is 1. The van der Waals surface area contributed by atoms with Gasteiger partial charge in [0.2, 0.25) is 0 Å². The van der Waals surface area contributed by atoms with E-state index < -0.39 is 0 Å². The number of nitriles is 1. The molecule has 20 heavy (non-hydrogen) atoms. The zero-order chi connectivity index (χ0) is 13.8. The third-order valence-electron chi connectivity index (χ3n) is 4.74. The van der Waals surface area contributed by atoms with Gasteiger partial charge >= 0.3 is 0 Å². The van der Waals surface area contributed by atoms with Crippen molar-refractivity contribution in [2.45, 2.75) is 38.3 Å². The van der Waals surface area contributed by atoms with Crippen LogP contribution in [-0.4, -0.2) is 42.0 Å². The molecule has 0 spiro atoms. The van der Waals surface area contributed by atoms with E-state index in [1.807, 2.05) is 12.1 Å². The second-order valence-electron chi connectivity index (χ2n) is 6.06. The van der Waals surface area contributed by atoms with E-state index in [9.17, 15) is 0 Å². The molecule has 0 atom stereocenters. The summed E-state index contributed by atoms with van der Waals surface area (Å²) >= 11 is 0. The minimum atomic E-state index is 0.750. The number of hydrogen-bond donors (Lipinski definition) is 0. The summed E-state index contributed by atoms with van der Waals surface area (Å²) in [6.07, 6.45) is 5.68. The minimum Gasteiger partial charge on any atom is -0.298 e. The molecule has 2 aliphatic rings. The Labute approximate surface area is 121 Å². The number of nitrogens with zero attached hydrogens (tertiary/aromatic N) is 3. The molecular weight excluding hydrogens is 246 g/mol.